The van der Waals surface area contributed by atoms with Gasteiger partial charge in [0.2, 0.25) is 0 Å². The number of thiophene rings is 1. The number of benzene rings is 1. The Balaban J connectivity index is 0.00000288. The van der Waals surface area contributed by atoms with Gasteiger partial charge in [0.05, 0.1) is 9.90 Å². The van der Waals surface area contributed by atoms with E-state index in [0.717, 1.165) is 11.3 Å². The fourth-order valence-corrected chi connectivity index (χ4v) is 3.94. The Labute approximate surface area is 164 Å². The monoisotopic (exact) mass is 402 g/mol. The second-order valence-corrected chi connectivity index (χ2v) is 7.71. The standard InChI is InChI=1S/C13H11Cl2O6PS.Li/c14-8-3-4-10(9(15)6-8)20-7-12(16)21-13(22(17,18)19)11-2-1-5-23-11;/h1-6,13H,7H2,(H2,17,18,19);/q;+1/p-1. The van der Waals surface area contributed by atoms with E-state index >= 15 is 0 Å². The summed E-state index contributed by atoms with van der Waals surface area (Å²) in [7, 11) is -4.91. The SMILES string of the molecule is O=C(COc1ccc(Cl)cc1Cl)OC(c1cccs1)P(=O)([O-])O.[Li+]. The summed E-state index contributed by atoms with van der Waals surface area (Å²) in [6.45, 7) is -0.580. The normalized spacial score (nSPS) is 14.2. The van der Waals surface area contributed by atoms with E-state index in [4.69, 9.17) is 32.7 Å². The maximum absolute atomic E-state index is 11.8. The summed E-state index contributed by atoms with van der Waals surface area (Å²) in [5, 5.41) is 2.18. The second-order valence-electron chi connectivity index (χ2n) is 4.29. The maximum atomic E-state index is 11.8. The zero-order chi connectivity index (χ0) is 17.0. The van der Waals surface area contributed by atoms with Crippen LogP contribution in [0.15, 0.2) is 35.7 Å². The molecule has 124 valence electrons. The summed E-state index contributed by atoms with van der Waals surface area (Å²) >= 11 is 12.6. The van der Waals surface area contributed by atoms with Crippen LogP contribution in [0.4, 0.5) is 0 Å². The Kier molecular flexibility index (Phi) is 8.34. The Bertz CT molecular complexity index is 736. The van der Waals surface area contributed by atoms with Crippen LogP contribution in [0.2, 0.25) is 10.0 Å². The molecule has 0 saturated carbocycles. The van der Waals surface area contributed by atoms with Crippen molar-refractivity contribution in [3.05, 3.63) is 50.6 Å². The van der Waals surface area contributed by atoms with Gasteiger partial charge < -0.3 is 23.8 Å². The molecular weight excluding hydrogens is 393 g/mol. The van der Waals surface area contributed by atoms with Crippen molar-refractivity contribution in [3.63, 3.8) is 0 Å². The van der Waals surface area contributed by atoms with Crippen molar-refractivity contribution in [3.8, 4) is 5.75 Å². The molecule has 2 atom stereocenters. The summed E-state index contributed by atoms with van der Waals surface area (Å²) in [6, 6.07) is 7.40. The van der Waals surface area contributed by atoms with Crippen LogP contribution in [0.25, 0.3) is 0 Å². The second kappa shape index (κ2) is 9.28. The van der Waals surface area contributed by atoms with Crippen molar-refractivity contribution in [1.29, 1.82) is 0 Å². The summed E-state index contributed by atoms with van der Waals surface area (Å²) < 4.78 is 21.3. The predicted octanol–water partition coefficient (Wildman–Crippen LogP) is 0.225. The van der Waals surface area contributed by atoms with Gasteiger partial charge in [0.15, 0.2) is 20.0 Å². The van der Waals surface area contributed by atoms with Crippen LogP contribution in [-0.4, -0.2) is 17.5 Å². The van der Waals surface area contributed by atoms with Gasteiger partial charge in [-0.2, -0.15) is 0 Å². The average molecular weight is 403 g/mol. The molecule has 1 heterocycles. The molecule has 6 nitrogen and oxygen atoms in total. The van der Waals surface area contributed by atoms with Gasteiger partial charge in [-0.3, -0.25) is 0 Å². The average Bonchev–Trinajstić information content (AvgIpc) is 2.96. The van der Waals surface area contributed by atoms with E-state index in [1.54, 1.807) is 11.4 Å². The van der Waals surface area contributed by atoms with Gasteiger partial charge in [0.1, 0.15) is 5.75 Å². The smallest absolute Gasteiger partial charge is 0.776 e. The number of hydrogen-bond acceptors (Lipinski definition) is 6. The van der Waals surface area contributed by atoms with Gasteiger partial charge in [0.25, 0.3) is 0 Å². The Morgan fingerprint density at radius 1 is 1.38 bits per heavy atom. The minimum atomic E-state index is -4.91. The topological polar surface area (TPSA) is 95.9 Å². The summed E-state index contributed by atoms with van der Waals surface area (Å²) in [4.78, 5) is 32.5. The first-order valence-electron chi connectivity index (χ1n) is 6.11. The van der Waals surface area contributed by atoms with Gasteiger partial charge in [0, 0.05) is 5.02 Å². The maximum Gasteiger partial charge on any atom is 1.00 e. The molecule has 1 aromatic carbocycles. The molecule has 24 heavy (non-hydrogen) atoms. The molecule has 11 heteroatoms. The Morgan fingerprint density at radius 2 is 2.08 bits per heavy atom. The number of hydrogen-bond donors (Lipinski definition) is 1. The largest absolute Gasteiger partial charge is 1.00 e. The Morgan fingerprint density at radius 3 is 2.62 bits per heavy atom. The van der Waals surface area contributed by atoms with Crippen molar-refractivity contribution in [2.75, 3.05) is 6.61 Å². The van der Waals surface area contributed by atoms with Gasteiger partial charge in [-0.15, -0.1) is 11.3 Å². The molecule has 0 radical (unpaired) electrons. The van der Waals surface area contributed by atoms with Crippen LogP contribution in [0.5, 0.6) is 5.75 Å². The molecule has 0 aliphatic carbocycles. The van der Waals surface area contributed by atoms with E-state index in [1.165, 1.54) is 24.3 Å². The molecule has 0 aliphatic rings. The molecular formula is C13H10Cl2LiO6PS. The van der Waals surface area contributed by atoms with Crippen molar-refractivity contribution >= 4 is 48.1 Å². The zero-order valence-electron chi connectivity index (χ0n) is 12.3. The number of carbonyl (C=O) groups excluding carboxylic acids is 1. The van der Waals surface area contributed by atoms with E-state index in [0.29, 0.717) is 5.02 Å². The third kappa shape index (κ3) is 6.11. The first-order chi connectivity index (χ1) is 10.8. The van der Waals surface area contributed by atoms with Gasteiger partial charge in [-0.05, 0) is 29.6 Å². The van der Waals surface area contributed by atoms with E-state index < -0.39 is 26.0 Å². The molecule has 0 saturated heterocycles. The number of rotatable bonds is 6. The van der Waals surface area contributed by atoms with Crippen molar-refractivity contribution < 1.29 is 47.5 Å². The van der Waals surface area contributed by atoms with Crippen LogP contribution in [0, 0.1) is 0 Å². The fraction of sp³-hybridized carbons (Fsp3) is 0.154. The first kappa shape index (κ1) is 21.6. The van der Waals surface area contributed by atoms with Crippen LogP contribution in [-0.2, 0) is 14.1 Å². The number of halogens is 2. The van der Waals surface area contributed by atoms with E-state index in [1.807, 2.05) is 0 Å². The molecule has 1 aromatic heterocycles. The minimum absolute atomic E-state index is 0. The van der Waals surface area contributed by atoms with Gasteiger partial charge in [-0.1, -0.05) is 29.3 Å². The summed E-state index contributed by atoms with van der Waals surface area (Å²) in [5.74, 6) is -2.55. The first-order valence-corrected chi connectivity index (χ1v) is 9.40. The third-order valence-corrected chi connectivity index (χ3v) is 5.16. The molecule has 0 fully saturated rings. The van der Waals surface area contributed by atoms with Gasteiger partial charge >= 0.3 is 24.8 Å². The molecule has 0 bridgehead atoms. The minimum Gasteiger partial charge on any atom is -0.776 e. The third-order valence-electron chi connectivity index (χ3n) is 2.57. The Hall–Kier alpha value is -0.483. The van der Waals surface area contributed by atoms with Crippen LogP contribution < -0.4 is 28.5 Å². The van der Waals surface area contributed by atoms with Crippen molar-refractivity contribution in [2.24, 2.45) is 0 Å². The molecule has 0 spiro atoms. The summed E-state index contributed by atoms with van der Waals surface area (Å²) in [6.07, 6.45) is 0. The van der Waals surface area contributed by atoms with E-state index in [9.17, 15) is 19.1 Å². The van der Waals surface area contributed by atoms with Crippen molar-refractivity contribution in [2.45, 2.75) is 5.85 Å². The van der Waals surface area contributed by atoms with Crippen LogP contribution in [0.1, 0.15) is 10.7 Å². The van der Waals surface area contributed by atoms with Crippen LogP contribution >= 0.6 is 42.1 Å². The predicted molar refractivity (Wildman–Crippen MR) is 84.9 cm³/mol. The fourth-order valence-electron chi connectivity index (χ4n) is 1.60. The van der Waals surface area contributed by atoms with Crippen molar-refractivity contribution in [1.82, 2.24) is 0 Å². The number of ether oxygens (including phenoxy) is 2. The van der Waals surface area contributed by atoms with Gasteiger partial charge in [-0.25, -0.2) is 4.79 Å². The molecule has 2 rings (SSSR count). The molecule has 2 aromatic rings. The summed E-state index contributed by atoms with van der Waals surface area (Å²) in [5.41, 5.74) is 0. The zero-order valence-corrected chi connectivity index (χ0v) is 15.6. The van der Waals surface area contributed by atoms with E-state index in [-0.39, 0.29) is 34.5 Å². The van der Waals surface area contributed by atoms with Crippen LogP contribution in [0.3, 0.4) is 0 Å². The quantitative estimate of drug-likeness (QED) is 0.422. The molecule has 1 N–H and O–H groups in total. The van der Waals surface area contributed by atoms with E-state index in [2.05, 4.69) is 0 Å². The number of esters is 1. The molecule has 0 amide bonds. The molecule has 2 unspecified atom stereocenters. The molecule has 0 aliphatic heterocycles. The number of carbonyl (C=O) groups is 1.